The molecule has 0 saturated heterocycles. The van der Waals surface area contributed by atoms with E-state index in [1.54, 1.807) is 24.4 Å². The topological polar surface area (TPSA) is 85.2 Å². The number of aliphatic hydroxyl groups excluding tert-OH is 1. The van der Waals surface area contributed by atoms with Crippen LogP contribution in [-0.2, 0) is 0 Å². The average molecular weight is 277 g/mol. The summed E-state index contributed by atoms with van der Waals surface area (Å²) in [5, 5.41) is 9.79. The van der Waals surface area contributed by atoms with Crippen molar-refractivity contribution in [2.75, 3.05) is 12.4 Å². The number of benzene rings is 1. The molecular formula is C15H20FN3O. The molecule has 5 N–H and O–H groups in total. The number of hydrogen-bond acceptors (Lipinski definition) is 4. The van der Waals surface area contributed by atoms with E-state index in [9.17, 15) is 9.50 Å². The lowest BCUT2D eigenvalue weighted by Gasteiger charge is -2.16. The first-order valence-electron chi connectivity index (χ1n) is 5.93. The predicted molar refractivity (Wildman–Crippen MR) is 79.7 cm³/mol. The van der Waals surface area contributed by atoms with E-state index in [1.807, 2.05) is 18.2 Å². The zero-order valence-corrected chi connectivity index (χ0v) is 10.3. The molecular weight excluding hydrogens is 257 g/mol. The van der Waals surface area contributed by atoms with Gasteiger partial charge in [-0.25, -0.2) is 9.37 Å². The molecule has 1 heterocycles. The van der Waals surface area contributed by atoms with Crippen molar-refractivity contribution in [3.8, 4) is 11.1 Å². The molecule has 0 spiro atoms. The van der Waals surface area contributed by atoms with Crippen LogP contribution in [-0.4, -0.2) is 22.8 Å². The minimum Gasteiger partial charge on any atom is -0.387 e. The van der Waals surface area contributed by atoms with E-state index in [4.69, 9.17) is 11.5 Å². The van der Waals surface area contributed by atoms with Gasteiger partial charge >= 0.3 is 0 Å². The SMILES string of the molecule is C.Nc1ccc(-c2ccc([C@@H](O)[C@H](N)CF)cc2)cn1. The average Bonchev–Trinajstić information content (AvgIpc) is 2.46. The Bertz CT molecular complexity index is 528. The second-order valence-corrected chi connectivity index (χ2v) is 4.36. The Kier molecular flexibility index (Phi) is 5.61. The molecule has 2 rings (SSSR count). The lowest BCUT2D eigenvalue weighted by Crippen LogP contribution is -2.30. The first-order valence-corrected chi connectivity index (χ1v) is 5.93. The molecule has 0 bridgehead atoms. The van der Waals surface area contributed by atoms with E-state index < -0.39 is 18.8 Å². The summed E-state index contributed by atoms with van der Waals surface area (Å²) in [6.45, 7) is -0.759. The van der Waals surface area contributed by atoms with Crippen LogP contribution in [0.15, 0.2) is 42.6 Å². The molecule has 0 aliphatic rings. The van der Waals surface area contributed by atoms with Crippen LogP contribution in [0, 0.1) is 0 Å². The molecule has 1 aromatic heterocycles. The number of nitrogen functional groups attached to an aromatic ring is 1. The standard InChI is InChI=1S/C14H16FN3O.CH4/c15-7-12(16)14(19)10-3-1-9(2-4-10)11-5-6-13(17)18-8-11;/h1-6,8,12,14,19H,7,16H2,(H2,17,18);1H4/t12-,14-;/m1./s1. The Morgan fingerprint density at radius 3 is 2.20 bits per heavy atom. The summed E-state index contributed by atoms with van der Waals surface area (Å²) in [5.74, 6) is 0.463. The highest BCUT2D eigenvalue weighted by atomic mass is 19.1. The summed E-state index contributed by atoms with van der Waals surface area (Å²) < 4.78 is 12.4. The fourth-order valence-electron chi connectivity index (χ4n) is 1.78. The van der Waals surface area contributed by atoms with Gasteiger partial charge in [0, 0.05) is 11.8 Å². The summed E-state index contributed by atoms with van der Waals surface area (Å²) in [6.07, 6.45) is 0.678. The van der Waals surface area contributed by atoms with Crippen molar-refractivity contribution in [1.29, 1.82) is 0 Å². The normalized spacial score (nSPS) is 13.3. The maximum atomic E-state index is 12.4. The van der Waals surface area contributed by atoms with Gasteiger partial charge in [-0.2, -0.15) is 0 Å². The lowest BCUT2D eigenvalue weighted by molar-refractivity contribution is 0.132. The van der Waals surface area contributed by atoms with Crippen LogP contribution in [0.1, 0.15) is 19.1 Å². The van der Waals surface area contributed by atoms with Crippen molar-refractivity contribution in [1.82, 2.24) is 4.98 Å². The van der Waals surface area contributed by atoms with Crippen LogP contribution in [0.5, 0.6) is 0 Å². The van der Waals surface area contributed by atoms with Gasteiger partial charge in [-0.1, -0.05) is 31.7 Å². The van der Waals surface area contributed by atoms with E-state index in [1.165, 1.54) is 0 Å². The zero-order valence-electron chi connectivity index (χ0n) is 10.3. The number of nitrogens with zero attached hydrogens (tertiary/aromatic N) is 1. The molecule has 2 aromatic rings. The molecule has 0 unspecified atom stereocenters. The van der Waals surface area contributed by atoms with Gasteiger partial charge in [0.25, 0.3) is 0 Å². The van der Waals surface area contributed by atoms with Crippen LogP contribution >= 0.6 is 0 Å². The molecule has 0 aliphatic carbocycles. The van der Waals surface area contributed by atoms with Gasteiger partial charge in [-0.15, -0.1) is 0 Å². The molecule has 20 heavy (non-hydrogen) atoms. The van der Waals surface area contributed by atoms with Crippen molar-refractivity contribution in [2.45, 2.75) is 19.6 Å². The Morgan fingerprint density at radius 1 is 1.10 bits per heavy atom. The van der Waals surface area contributed by atoms with Gasteiger partial charge in [0.1, 0.15) is 12.5 Å². The first-order chi connectivity index (χ1) is 9.11. The number of anilines is 1. The summed E-state index contributed by atoms with van der Waals surface area (Å²) in [4.78, 5) is 4.01. The second-order valence-electron chi connectivity index (χ2n) is 4.36. The smallest absolute Gasteiger partial charge is 0.123 e. The molecule has 0 saturated carbocycles. The molecule has 0 fully saturated rings. The molecule has 0 amide bonds. The number of hydrogen-bond donors (Lipinski definition) is 3. The van der Waals surface area contributed by atoms with Gasteiger partial charge in [0.05, 0.1) is 12.1 Å². The van der Waals surface area contributed by atoms with Crippen molar-refractivity contribution >= 4 is 5.82 Å². The van der Waals surface area contributed by atoms with E-state index in [-0.39, 0.29) is 7.43 Å². The van der Waals surface area contributed by atoms with Gasteiger partial charge in [-0.05, 0) is 23.3 Å². The van der Waals surface area contributed by atoms with E-state index >= 15 is 0 Å². The third kappa shape index (κ3) is 3.53. The summed E-state index contributed by atoms with van der Waals surface area (Å²) in [5.41, 5.74) is 13.4. The highest BCUT2D eigenvalue weighted by Crippen LogP contribution is 2.23. The lowest BCUT2D eigenvalue weighted by atomic mass is 10.00. The highest BCUT2D eigenvalue weighted by Gasteiger charge is 2.16. The zero-order chi connectivity index (χ0) is 13.8. The van der Waals surface area contributed by atoms with Crippen LogP contribution in [0.2, 0.25) is 0 Å². The largest absolute Gasteiger partial charge is 0.387 e. The number of pyridine rings is 1. The van der Waals surface area contributed by atoms with Crippen molar-refractivity contribution in [3.63, 3.8) is 0 Å². The van der Waals surface area contributed by atoms with Gasteiger partial charge < -0.3 is 16.6 Å². The van der Waals surface area contributed by atoms with Crippen LogP contribution in [0.4, 0.5) is 10.2 Å². The number of aromatic nitrogens is 1. The molecule has 108 valence electrons. The minimum absolute atomic E-state index is 0. The number of aliphatic hydroxyl groups is 1. The third-order valence-corrected chi connectivity index (χ3v) is 2.96. The number of halogens is 1. The summed E-state index contributed by atoms with van der Waals surface area (Å²) in [7, 11) is 0. The molecule has 0 aliphatic heterocycles. The van der Waals surface area contributed by atoms with Crippen molar-refractivity contribution in [3.05, 3.63) is 48.2 Å². The molecule has 0 radical (unpaired) electrons. The fraction of sp³-hybridized carbons (Fsp3) is 0.267. The van der Waals surface area contributed by atoms with Crippen LogP contribution < -0.4 is 11.5 Å². The molecule has 2 atom stereocenters. The van der Waals surface area contributed by atoms with Gasteiger partial charge in [0.15, 0.2) is 0 Å². The minimum atomic E-state index is -0.997. The van der Waals surface area contributed by atoms with Crippen molar-refractivity contribution < 1.29 is 9.50 Å². The van der Waals surface area contributed by atoms with Gasteiger partial charge in [0.2, 0.25) is 0 Å². The summed E-state index contributed by atoms with van der Waals surface area (Å²) >= 11 is 0. The quantitative estimate of drug-likeness (QED) is 0.800. The fourth-order valence-corrected chi connectivity index (χ4v) is 1.78. The van der Waals surface area contributed by atoms with E-state index in [2.05, 4.69) is 4.98 Å². The monoisotopic (exact) mass is 277 g/mol. The Hall–Kier alpha value is -1.98. The predicted octanol–water partition coefficient (Wildman–Crippen LogP) is 2.30. The third-order valence-electron chi connectivity index (χ3n) is 2.96. The van der Waals surface area contributed by atoms with Crippen molar-refractivity contribution in [2.24, 2.45) is 5.73 Å². The second kappa shape index (κ2) is 6.98. The highest BCUT2D eigenvalue weighted by molar-refractivity contribution is 5.63. The Morgan fingerprint density at radius 2 is 1.70 bits per heavy atom. The van der Waals surface area contributed by atoms with Crippen LogP contribution in [0.25, 0.3) is 11.1 Å². The van der Waals surface area contributed by atoms with E-state index in [0.717, 1.165) is 11.1 Å². The first kappa shape index (κ1) is 16.1. The maximum Gasteiger partial charge on any atom is 0.123 e. The Labute approximate surface area is 118 Å². The molecule has 4 nitrogen and oxygen atoms in total. The Balaban J connectivity index is 0.00000200. The number of rotatable bonds is 4. The van der Waals surface area contributed by atoms with Crippen LogP contribution in [0.3, 0.4) is 0 Å². The summed E-state index contributed by atoms with van der Waals surface area (Å²) in [6, 6.07) is 9.80. The molecule has 1 aromatic carbocycles. The number of alkyl halides is 1. The van der Waals surface area contributed by atoms with Gasteiger partial charge in [-0.3, -0.25) is 0 Å². The van der Waals surface area contributed by atoms with E-state index in [0.29, 0.717) is 11.4 Å². The maximum absolute atomic E-state index is 12.4. The number of nitrogens with two attached hydrogens (primary N) is 2. The molecule has 5 heteroatoms.